The van der Waals surface area contributed by atoms with Gasteiger partial charge in [0, 0.05) is 63.4 Å². The Morgan fingerprint density at radius 1 is 1.12 bits per heavy atom. The number of halogens is 2. The Balaban J connectivity index is 0.906. The van der Waals surface area contributed by atoms with E-state index in [2.05, 4.69) is 47.2 Å². The van der Waals surface area contributed by atoms with Gasteiger partial charge >= 0.3 is 0 Å². The minimum Gasteiger partial charge on any atom is -0.491 e. The minimum absolute atomic E-state index is 0.0502. The van der Waals surface area contributed by atoms with E-state index in [0.717, 1.165) is 11.0 Å². The van der Waals surface area contributed by atoms with Crippen LogP contribution in [0.3, 0.4) is 0 Å². The van der Waals surface area contributed by atoms with E-state index in [1.165, 1.54) is 22.6 Å². The Kier molecular flexibility index (Phi) is 14.3. The first-order valence-electron chi connectivity index (χ1n) is 19.4. The largest absolute Gasteiger partial charge is 0.491 e. The van der Waals surface area contributed by atoms with E-state index in [9.17, 15) is 41.9 Å². The van der Waals surface area contributed by atoms with E-state index >= 15 is 0 Å². The maximum atomic E-state index is 14.3. The minimum atomic E-state index is -3.67. The second-order valence-electron chi connectivity index (χ2n) is 14.3. The van der Waals surface area contributed by atoms with Gasteiger partial charge in [-0.15, -0.1) is 0 Å². The maximum Gasteiger partial charge on any atom is 0.261 e. The summed E-state index contributed by atoms with van der Waals surface area (Å²) in [4.78, 5) is 73.7. The first-order chi connectivity index (χ1) is 28.7. The number of carbonyl (C=O) groups is 5. The first-order valence-corrected chi connectivity index (χ1v) is 21.8. The number of carbonyl (C=O) groups excluding carboxylic acids is 5. The molecule has 0 radical (unpaired) electrons. The molecule has 19 nitrogen and oxygen atoms in total. The predicted octanol–water partition coefficient (Wildman–Crippen LogP) is 1.59. The van der Waals surface area contributed by atoms with Crippen LogP contribution >= 0.6 is 15.9 Å². The Morgan fingerprint density at radius 2 is 1.87 bits per heavy atom. The second kappa shape index (κ2) is 19.4. The van der Waals surface area contributed by atoms with Crippen molar-refractivity contribution in [2.75, 3.05) is 62.3 Å². The molecule has 2 fully saturated rings. The van der Waals surface area contributed by atoms with Crippen molar-refractivity contribution in [1.29, 1.82) is 0 Å². The van der Waals surface area contributed by atoms with Crippen LogP contribution in [0.4, 0.5) is 21.8 Å². The first kappa shape index (κ1) is 44.3. The van der Waals surface area contributed by atoms with Gasteiger partial charge in [0.1, 0.15) is 30.0 Å². The number of hydrogen-bond donors (Lipinski definition) is 6. The standard InChI is InChI=1S/C38H46BrFN10O9S/c1-2-48(18-19-59-28-8-3-5-23-31(28)37(56)50(36(23)55)27-9-10-30(52)46-35(27)54)15-13-29(51)42-14-20-60(57,58)49-16-11-22(12-17-49)44-38-43-21-24(39)34(47-38)45-26-7-4-6-25(40)32(26)33(41)53/h3-8,21-22,27,36,55H,2,9-20H2,1H3,(H2,41,53)(H,42,51)(H,46,52,54)(H2,43,44,45,47). The van der Waals surface area contributed by atoms with Crippen molar-refractivity contribution in [3.05, 3.63) is 69.6 Å². The third-order valence-electron chi connectivity index (χ3n) is 10.5. The zero-order valence-corrected chi connectivity index (χ0v) is 35.1. The number of piperidine rings is 2. The Bertz CT molecular complexity index is 2250. The van der Waals surface area contributed by atoms with Gasteiger partial charge in [0.15, 0.2) is 6.23 Å². The number of benzene rings is 2. The van der Waals surface area contributed by atoms with Gasteiger partial charge < -0.3 is 31.5 Å². The molecule has 22 heteroatoms. The van der Waals surface area contributed by atoms with Crippen LogP contribution in [0.15, 0.2) is 47.1 Å². The summed E-state index contributed by atoms with van der Waals surface area (Å²) < 4.78 is 48.3. The van der Waals surface area contributed by atoms with Crippen molar-refractivity contribution >= 4 is 72.9 Å². The fraction of sp³-hybridized carbons (Fsp3) is 0.447. The van der Waals surface area contributed by atoms with Gasteiger partial charge in [0.25, 0.3) is 11.8 Å². The predicted molar refractivity (Wildman–Crippen MR) is 219 cm³/mol. The summed E-state index contributed by atoms with van der Waals surface area (Å²) in [5.41, 5.74) is 5.64. The number of fused-ring (bicyclic) bond motifs is 1. The molecule has 3 aliphatic rings. The van der Waals surface area contributed by atoms with Gasteiger partial charge in [-0.1, -0.05) is 25.1 Å². The Morgan fingerprint density at radius 3 is 2.58 bits per heavy atom. The zero-order valence-electron chi connectivity index (χ0n) is 32.7. The number of aromatic nitrogens is 2. The van der Waals surface area contributed by atoms with E-state index in [1.807, 2.05) is 11.8 Å². The van der Waals surface area contributed by atoms with Crippen molar-refractivity contribution in [3.63, 3.8) is 0 Å². The highest BCUT2D eigenvalue weighted by Gasteiger charge is 2.45. The molecule has 0 saturated carbocycles. The quantitative estimate of drug-likeness (QED) is 0.0992. The molecule has 5 amide bonds. The average molecular weight is 918 g/mol. The van der Waals surface area contributed by atoms with Crippen molar-refractivity contribution < 1.29 is 46.6 Å². The molecule has 2 saturated heterocycles. The molecular weight excluding hydrogens is 871 g/mol. The molecule has 322 valence electrons. The normalized spacial score (nSPS) is 18.6. The highest BCUT2D eigenvalue weighted by molar-refractivity contribution is 9.10. The lowest BCUT2D eigenvalue weighted by Crippen LogP contribution is -2.53. The molecule has 0 spiro atoms. The number of aliphatic hydroxyl groups is 1. The number of sulfonamides is 1. The van der Waals surface area contributed by atoms with Crippen molar-refractivity contribution in [2.45, 2.75) is 57.3 Å². The number of nitrogens with zero attached hydrogens (tertiary/aromatic N) is 5. The van der Waals surface area contributed by atoms with Crippen LogP contribution in [0.1, 0.15) is 71.5 Å². The average Bonchev–Trinajstić information content (AvgIpc) is 3.46. The monoisotopic (exact) mass is 916 g/mol. The number of nitrogens with two attached hydrogens (primary N) is 1. The van der Waals surface area contributed by atoms with E-state index in [-0.39, 0.29) is 97.5 Å². The maximum absolute atomic E-state index is 14.3. The fourth-order valence-electron chi connectivity index (χ4n) is 7.26. The van der Waals surface area contributed by atoms with Gasteiger partial charge in [0.2, 0.25) is 33.7 Å². The molecule has 2 unspecified atom stereocenters. The van der Waals surface area contributed by atoms with Crippen LogP contribution in [-0.4, -0.2) is 131 Å². The lowest BCUT2D eigenvalue weighted by molar-refractivity contribution is -0.139. The van der Waals surface area contributed by atoms with E-state index < -0.39 is 51.7 Å². The lowest BCUT2D eigenvalue weighted by Gasteiger charge is -2.31. The van der Waals surface area contributed by atoms with Crippen LogP contribution in [0.25, 0.3) is 0 Å². The van der Waals surface area contributed by atoms with Gasteiger partial charge in [-0.05, 0) is 59.9 Å². The topological polar surface area (TPSA) is 259 Å². The second-order valence-corrected chi connectivity index (χ2v) is 17.3. The van der Waals surface area contributed by atoms with Crippen LogP contribution in [-0.2, 0) is 24.4 Å². The summed E-state index contributed by atoms with van der Waals surface area (Å²) in [5.74, 6) is -3.20. The number of likely N-dealkylation sites (N-methyl/N-ethyl adjacent to an activating group) is 1. The molecule has 0 aliphatic carbocycles. The van der Waals surface area contributed by atoms with Crippen LogP contribution < -0.4 is 31.7 Å². The van der Waals surface area contributed by atoms with E-state index in [0.29, 0.717) is 42.5 Å². The molecule has 3 aromatic rings. The van der Waals surface area contributed by atoms with Crippen molar-refractivity contribution in [3.8, 4) is 5.75 Å². The number of nitrogens with one attached hydrogen (secondary N) is 4. The van der Waals surface area contributed by atoms with Gasteiger partial charge in [-0.2, -0.15) is 4.98 Å². The third kappa shape index (κ3) is 10.3. The zero-order chi connectivity index (χ0) is 43.1. The summed E-state index contributed by atoms with van der Waals surface area (Å²) >= 11 is 3.35. The summed E-state index contributed by atoms with van der Waals surface area (Å²) in [6.07, 6.45) is 1.31. The smallest absolute Gasteiger partial charge is 0.261 e. The molecule has 0 bridgehead atoms. The SMILES string of the molecule is CCN(CCOc1cccc2c1C(=O)N(C1CCC(=O)NC1=O)C2O)CCC(=O)NCCS(=O)(=O)N1CCC(Nc2ncc(Br)c(Nc3cccc(F)c3C(N)=O)n2)CC1. The summed E-state index contributed by atoms with van der Waals surface area (Å²) in [6, 6.07) is 7.73. The van der Waals surface area contributed by atoms with Gasteiger partial charge in [-0.25, -0.2) is 22.1 Å². The molecular formula is C38H46BrFN10O9S. The van der Waals surface area contributed by atoms with Crippen LogP contribution in [0, 0.1) is 5.82 Å². The molecule has 2 atom stereocenters. The molecule has 2 aromatic carbocycles. The fourth-order valence-corrected chi connectivity index (χ4v) is 8.94. The molecule has 6 rings (SSSR count). The molecule has 1 aromatic heterocycles. The number of ether oxygens (including phenoxy) is 1. The third-order valence-corrected chi connectivity index (χ3v) is 12.9. The number of primary amides is 1. The van der Waals surface area contributed by atoms with Crippen molar-refractivity contribution in [2.24, 2.45) is 5.73 Å². The highest BCUT2D eigenvalue weighted by atomic mass is 79.9. The number of imide groups is 1. The number of rotatable bonds is 18. The van der Waals surface area contributed by atoms with Crippen LogP contribution in [0.5, 0.6) is 5.75 Å². The number of amides is 5. The highest BCUT2D eigenvalue weighted by Crippen LogP contribution is 2.39. The van der Waals surface area contributed by atoms with E-state index in [1.54, 1.807) is 18.2 Å². The summed E-state index contributed by atoms with van der Waals surface area (Å²) in [5, 5.41) is 21.9. The summed E-state index contributed by atoms with van der Waals surface area (Å²) in [7, 11) is -3.67. The van der Waals surface area contributed by atoms with Crippen molar-refractivity contribution in [1.82, 2.24) is 34.7 Å². The Hall–Kier alpha value is -5.29. The number of anilines is 3. The van der Waals surface area contributed by atoms with Gasteiger partial charge in [0.05, 0.1) is 27.0 Å². The summed E-state index contributed by atoms with van der Waals surface area (Å²) in [6.45, 7) is 3.85. The lowest BCUT2D eigenvalue weighted by atomic mass is 10.0. The molecule has 60 heavy (non-hydrogen) atoms. The number of aliphatic hydroxyl groups excluding tert-OH is 1. The Labute approximate surface area is 353 Å². The molecule has 4 heterocycles. The number of hydrogen-bond acceptors (Lipinski definition) is 14. The molecule has 7 N–H and O–H groups in total. The van der Waals surface area contributed by atoms with Crippen LogP contribution in [0.2, 0.25) is 0 Å². The molecule has 3 aliphatic heterocycles. The van der Waals surface area contributed by atoms with Gasteiger partial charge in [-0.3, -0.25) is 39.1 Å². The van der Waals surface area contributed by atoms with E-state index in [4.69, 9.17) is 10.5 Å².